The summed E-state index contributed by atoms with van der Waals surface area (Å²) in [7, 11) is 3.00. The van der Waals surface area contributed by atoms with Crippen LogP contribution in [-0.2, 0) is 14.1 Å². The summed E-state index contributed by atoms with van der Waals surface area (Å²) >= 11 is 12.8. The summed E-state index contributed by atoms with van der Waals surface area (Å²) in [5.74, 6) is -0.615. The molecule has 1 unspecified atom stereocenters. The highest BCUT2D eigenvalue weighted by Crippen LogP contribution is 2.49. The molecule has 2 aliphatic rings. The van der Waals surface area contributed by atoms with E-state index in [2.05, 4.69) is 5.32 Å². The highest BCUT2D eigenvalue weighted by molar-refractivity contribution is 6.34. The second-order valence-electron chi connectivity index (χ2n) is 7.36. The zero-order valence-corrected chi connectivity index (χ0v) is 17.5. The Morgan fingerprint density at radius 1 is 0.933 bits per heavy atom. The molecule has 1 N–H and O–H groups in total. The Bertz CT molecular complexity index is 1430. The number of carbonyl (C=O) groups is 1. The van der Waals surface area contributed by atoms with Crippen LogP contribution in [0.3, 0.4) is 0 Å². The average Bonchev–Trinajstić information content (AvgIpc) is 3.03. The molecule has 1 aromatic heterocycles. The SMILES string of the molecule is Cn1c2c(c(=O)n(C)c1=O)C(c1cc(Cl)ccc1Cl)C1=C(N2)c2ccccc2C1=O. The van der Waals surface area contributed by atoms with Crippen LogP contribution in [0.4, 0.5) is 5.82 Å². The number of fused-ring (bicyclic) bond motifs is 3. The van der Waals surface area contributed by atoms with Gasteiger partial charge in [-0.3, -0.25) is 18.7 Å². The number of hydrogen-bond donors (Lipinski definition) is 1. The van der Waals surface area contributed by atoms with Crippen molar-refractivity contribution in [2.45, 2.75) is 5.92 Å². The van der Waals surface area contributed by atoms with E-state index in [0.717, 1.165) is 10.1 Å². The second-order valence-corrected chi connectivity index (χ2v) is 8.20. The number of hydrogen-bond acceptors (Lipinski definition) is 4. The fourth-order valence-electron chi connectivity index (χ4n) is 4.30. The lowest BCUT2D eigenvalue weighted by atomic mass is 9.81. The molecule has 0 radical (unpaired) electrons. The number of Topliss-reactive ketones (excluding diaryl/α,β-unsaturated/α-hetero) is 1. The molecule has 1 atom stereocenters. The molecule has 150 valence electrons. The minimum atomic E-state index is -0.771. The van der Waals surface area contributed by atoms with E-state index in [-0.39, 0.29) is 11.3 Å². The molecular formula is C22H15Cl2N3O3. The van der Waals surface area contributed by atoms with Crippen molar-refractivity contribution in [1.82, 2.24) is 9.13 Å². The van der Waals surface area contributed by atoms with Gasteiger partial charge < -0.3 is 5.32 Å². The van der Waals surface area contributed by atoms with Crippen molar-refractivity contribution >= 4 is 40.5 Å². The Labute approximate surface area is 181 Å². The van der Waals surface area contributed by atoms with Crippen LogP contribution in [-0.4, -0.2) is 14.9 Å². The number of carbonyl (C=O) groups excluding carboxylic acids is 1. The van der Waals surface area contributed by atoms with Gasteiger partial charge in [-0.2, -0.15) is 0 Å². The van der Waals surface area contributed by atoms with Crippen molar-refractivity contribution in [2.75, 3.05) is 5.32 Å². The van der Waals surface area contributed by atoms with E-state index >= 15 is 0 Å². The summed E-state index contributed by atoms with van der Waals surface area (Å²) in [5.41, 5.74) is 2.11. The summed E-state index contributed by atoms with van der Waals surface area (Å²) in [6, 6.07) is 12.2. The smallest absolute Gasteiger partial charge is 0.332 e. The molecule has 8 heteroatoms. The molecule has 5 rings (SSSR count). The first kappa shape index (κ1) is 18.9. The van der Waals surface area contributed by atoms with Crippen LogP contribution in [0.2, 0.25) is 10.0 Å². The third kappa shape index (κ3) is 2.41. The van der Waals surface area contributed by atoms with Gasteiger partial charge in [-0.1, -0.05) is 47.5 Å². The number of aromatic nitrogens is 2. The van der Waals surface area contributed by atoms with Gasteiger partial charge in [0.05, 0.1) is 17.2 Å². The first-order chi connectivity index (χ1) is 14.3. The molecule has 0 fully saturated rings. The zero-order chi connectivity index (χ0) is 21.3. The Morgan fingerprint density at radius 2 is 1.63 bits per heavy atom. The number of rotatable bonds is 1. The topological polar surface area (TPSA) is 73.1 Å². The molecule has 0 spiro atoms. The maximum absolute atomic E-state index is 13.4. The molecule has 0 amide bonds. The van der Waals surface area contributed by atoms with Gasteiger partial charge in [-0.15, -0.1) is 0 Å². The molecule has 1 aliphatic carbocycles. The Morgan fingerprint density at radius 3 is 2.37 bits per heavy atom. The van der Waals surface area contributed by atoms with Crippen LogP contribution >= 0.6 is 23.2 Å². The van der Waals surface area contributed by atoms with Crippen molar-refractivity contribution in [2.24, 2.45) is 14.1 Å². The van der Waals surface area contributed by atoms with Crippen LogP contribution in [0.1, 0.15) is 33.0 Å². The number of anilines is 1. The van der Waals surface area contributed by atoms with Crippen LogP contribution in [0.5, 0.6) is 0 Å². The second kappa shape index (κ2) is 6.45. The average molecular weight is 440 g/mol. The van der Waals surface area contributed by atoms with Crippen LogP contribution in [0.25, 0.3) is 5.70 Å². The number of halogens is 2. The van der Waals surface area contributed by atoms with Gasteiger partial charge in [0.15, 0.2) is 5.78 Å². The summed E-state index contributed by atoms with van der Waals surface area (Å²) in [6.07, 6.45) is 0. The fourth-order valence-corrected chi connectivity index (χ4v) is 4.71. The van der Waals surface area contributed by atoms with Crippen molar-refractivity contribution in [3.63, 3.8) is 0 Å². The van der Waals surface area contributed by atoms with Gasteiger partial charge in [0.2, 0.25) is 0 Å². The van der Waals surface area contributed by atoms with E-state index in [0.29, 0.717) is 38.3 Å². The monoisotopic (exact) mass is 439 g/mol. The Hall–Kier alpha value is -3.09. The number of benzene rings is 2. The first-order valence-corrected chi connectivity index (χ1v) is 9.97. The molecular weight excluding hydrogens is 425 g/mol. The third-order valence-corrected chi connectivity index (χ3v) is 6.32. The van der Waals surface area contributed by atoms with Crippen LogP contribution < -0.4 is 16.6 Å². The van der Waals surface area contributed by atoms with E-state index in [9.17, 15) is 14.4 Å². The first-order valence-electron chi connectivity index (χ1n) is 9.21. The summed E-state index contributed by atoms with van der Waals surface area (Å²) < 4.78 is 2.40. The maximum atomic E-state index is 13.4. The lowest BCUT2D eigenvalue weighted by Gasteiger charge is -2.30. The van der Waals surface area contributed by atoms with E-state index < -0.39 is 17.2 Å². The zero-order valence-electron chi connectivity index (χ0n) is 16.0. The van der Waals surface area contributed by atoms with Gasteiger partial charge in [-0.25, -0.2) is 4.79 Å². The van der Waals surface area contributed by atoms with Crippen molar-refractivity contribution in [3.8, 4) is 0 Å². The molecule has 6 nitrogen and oxygen atoms in total. The number of nitrogens with one attached hydrogen (secondary N) is 1. The van der Waals surface area contributed by atoms with E-state index in [4.69, 9.17) is 23.2 Å². The van der Waals surface area contributed by atoms with Crippen LogP contribution in [0, 0.1) is 0 Å². The highest BCUT2D eigenvalue weighted by Gasteiger charge is 2.43. The van der Waals surface area contributed by atoms with Gasteiger partial charge >= 0.3 is 5.69 Å². The summed E-state index contributed by atoms with van der Waals surface area (Å²) in [5, 5.41) is 4.00. The predicted octanol–water partition coefficient (Wildman–Crippen LogP) is 3.56. The summed E-state index contributed by atoms with van der Waals surface area (Å²) in [6.45, 7) is 0. The van der Waals surface area contributed by atoms with Gasteiger partial charge in [-0.05, 0) is 23.8 Å². The predicted molar refractivity (Wildman–Crippen MR) is 117 cm³/mol. The van der Waals surface area contributed by atoms with Gasteiger partial charge in [0, 0.05) is 40.8 Å². The molecule has 0 saturated heterocycles. The molecule has 2 heterocycles. The minimum absolute atomic E-state index is 0.185. The largest absolute Gasteiger partial charge is 0.340 e. The molecule has 0 saturated carbocycles. The lowest BCUT2D eigenvalue weighted by Crippen LogP contribution is -2.42. The standard InChI is InChI=1S/C22H15Cl2N3O3/c1-26-20-17(21(29)27(2)22(26)30)15(13-9-10(23)7-8-14(13)24)16-18(25-20)11-5-3-4-6-12(11)19(16)28/h3-9,15,25H,1-2H3. The molecule has 3 aromatic rings. The third-order valence-electron chi connectivity index (χ3n) is 5.74. The fraction of sp³-hybridized carbons (Fsp3) is 0.136. The van der Waals surface area contributed by atoms with Gasteiger partial charge in [0.1, 0.15) is 5.82 Å². The maximum Gasteiger partial charge on any atom is 0.332 e. The number of nitrogens with zero attached hydrogens (tertiary/aromatic N) is 2. The highest BCUT2D eigenvalue weighted by atomic mass is 35.5. The quantitative estimate of drug-likeness (QED) is 0.628. The van der Waals surface area contributed by atoms with Crippen molar-refractivity contribution in [3.05, 3.63) is 101 Å². The van der Waals surface area contributed by atoms with E-state index in [1.165, 1.54) is 11.6 Å². The number of allylic oxidation sites excluding steroid dienone is 1. The Balaban J connectivity index is 1.93. The normalized spacial score (nSPS) is 16.8. The van der Waals surface area contributed by atoms with E-state index in [1.54, 1.807) is 37.4 Å². The lowest BCUT2D eigenvalue weighted by molar-refractivity contribution is 0.103. The van der Waals surface area contributed by atoms with Crippen molar-refractivity contribution < 1.29 is 4.79 Å². The van der Waals surface area contributed by atoms with Crippen molar-refractivity contribution in [1.29, 1.82) is 0 Å². The summed E-state index contributed by atoms with van der Waals surface area (Å²) in [4.78, 5) is 39.2. The molecule has 0 bridgehead atoms. The van der Waals surface area contributed by atoms with E-state index in [1.807, 2.05) is 12.1 Å². The van der Waals surface area contributed by atoms with Gasteiger partial charge in [0.25, 0.3) is 5.56 Å². The molecule has 1 aliphatic heterocycles. The minimum Gasteiger partial charge on any atom is -0.340 e. The van der Waals surface area contributed by atoms with Crippen LogP contribution in [0.15, 0.2) is 57.6 Å². The number of ketones is 1. The Kier molecular flexibility index (Phi) is 4.07. The molecule has 30 heavy (non-hydrogen) atoms. The molecule has 2 aromatic carbocycles.